The summed E-state index contributed by atoms with van der Waals surface area (Å²) in [5.41, 5.74) is 9.04. The minimum Gasteiger partial charge on any atom is -0.434 e. The molecule has 0 saturated heterocycles. The Hall–Kier alpha value is -2.47. The standard InChI is InChI=1S/C18H23N3O3/c1-2-23-18(22)24-17-12-21(10-8-15(17)19)9-7-13-11-20-16-6-4-3-5-14(13)16/h3-6,11,20H,2,7-10,12,19H2,1H3. The third-order valence-electron chi connectivity index (χ3n) is 4.26. The van der Waals surface area contributed by atoms with Crippen LogP contribution in [-0.4, -0.2) is 42.3 Å². The second-order valence-electron chi connectivity index (χ2n) is 5.87. The Balaban J connectivity index is 1.59. The van der Waals surface area contributed by atoms with E-state index < -0.39 is 6.16 Å². The van der Waals surface area contributed by atoms with Gasteiger partial charge in [0.25, 0.3) is 0 Å². The van der Waals surface area contributed by atoms with Gasteiger partial charge in [-0.15, -0.1) is 0 Å². The van der Waals surface area contributed by atoms with Gasteiger partial charge in [0.1, 0.15) is 5.76 Å². The maximum Gasteiger partial charge on any atom is 0.513 e. The molecule has 24 heavy (non-hydrogen) atoms. The van der Waals surface area contributed by atoms with Crippen LogP contribution in [0.25, 0.3) is 10.9 Å². The molecule has 0 spiro atoms. The van der Waals surface area contributed by atoms with Crippen LogP contribution in [0.3, 0.4) is 0 Å². The molecule has 3 N–H and O–H groups in total. The Morgan fingerprint density at radius 1 is 1.38 bits per heavy atom. The second kappa shape index (κ2) is 7.40. The Bertz CT molecular complexity index is 751. The number of fused-ring (bicyclic) bond motifs is 1. The average molecular weight is 329 g/mol. The fraction of sp³-hybridized carbons (Fsp3) is 0.389. The number of benzene rings is 1. The van der Waals surface area contributed by atoms with Gasteiger partial charge >= 0.3 is 6.16 Å². The molecule has 2 aromatic rings. The molecule has 0 amide bonds. The van der Waals surface area contributed by atoms with Crippen LogP contribution in [0.2, 0.25) is 0 Å². The number of rotatable bonds is 5. The van der Waals surface area contributed by atoms with Gasteiger partial charge in [-0.1, -0.05) is 18.2 Å². The van der Waals surface area contributed by atoms with E-state index in [2.05, 4.69) is 34.3 Å². The molecule has 0 saturated carbocycles. The first-order valence-electron chi connectivity index (χ1n) is 8.26. The molecular weight excluding hydrogens is 306 g/mol. The van der Waals surface area contributed by atoms with Gasteiger partial charge in [0.15, 0.2) is 0 Å². The molecule has 1 aromatic heterocycles. The molecule has 0 aliphatic carbocycles. The van der Waals surface area contributed by atoms with Crippen LogP contribution in [0.4, 0.5) is 4.79 Å². The highest BCUT2D eigenvalue weighted by Gasteiger charge is 2.21. The molecule has 6 heteroatoms. The topological polar surface area (TPSA) is 80.6 Å². The number of H-pyrrole nitrogens is 1. The van der Waals surface area contributed by atoms with Crippen LogP contribution in [0.5, 0.6) is 0 Å². The van der Waals surface area contributed by atoms with E-state index in [0.29, 0.717) is 24.4 Å². The molecule has 0 fully saturated rings. The van der Waals surface area contributed by atoms with Gasteiger partial charge < -0.3 is 20.2 Å². The molecule has 0 radical (unpaired) electrons. The Morgan fingerprint density at radius 3 is 3.04 bits per heavy atom. The number of carbonyl (C=O) groups excluding carboxylic acids is 1. The first kappa shape index (κ1) is 16.4. The predicted molar refractivity (Wildman–Crippen MR) is 92.4 cm³/mol. The number of hydrogen-bond acceptors (Lipinski definition) is 5. The number of nitrogens with two attached hydrogens (primary N) is 1. The van der Waals surface area contributed by atoms with E-state index in [1.54, 1.807) is 6.92 Å². The van der Waals surface area contributed by atoms with Crippen molar-refractivity contribution in [1.29, 1.82) is 0 Å². The lowest BCUT2D eigenvalue weighted by Crippen LogP contribution is -2.36. The van der Waals surface area contributed by atoms with Crippen LogP contribution in [-0.2, 0) is 15.9 Å². The van der Waals surface area contributed by atoms with E-state index in [1.165, 1.54) is 10.9 Å². The quantitative estimate of drug-likeness (QED) is 0.825. The fourth-order valence-electron chi connectivity index (χ4n) is 2.96. The van der Waals surface area contributed by atoms with E-state index >= 15 is 0 Å². The Labute approximate surface area is 141 Å². The van der Waals surface area contributed by atoms with Crippen LogP contribution in [0, 0.1) is 0 Å². The number of ether oxygens (including phenoxy) is 2. The molecular formula is C18H23N3O3. The van der Waals surface area contributed by atoms with Crippen molar-refractivity contribution in [3.8, 4) is 0 Å². The molecule has 1 aromatic carbocycles. The summed E-state index contributed by atoms with van der Waals surface area (Å²) in [5.74, 6) is 0.513. The molecule has 2 heterocycles. The molecule has 0 unspecified atom stereocenters. The number of nitrogens with zero attached hydrogens (tertiary/aromatic N) is 1. The van der Waals surface area contributed by atoms with Crippen LogP contribution in [0.1, 0.15) is 18.9 Å². The number of aromatic amines is 1. The van der Waals surface area contributed by atoms with Crippen LogP contribution in [0.15, 0.2) is 41.9 Å². The summed E-state index contributed by atoms with van der Waals surface area (Å²) in [5, 5.41) is 1.26. The van der Waals surface area contributed by atoms with Crippen molar-refractivity contribution >= 4 is 17.1 Å². The first-order chi connectivity index (χ1) is 11.7. The van der Waals surface area contributed by atoms with E-state index in [-0.39, 0.29) is 6.61 Å². The summed E-state index contributed by atoms with van der Waals surface area (Å²) < 4.78 is 10.0. The average Bonchev–Trinajstić information content (AvgIpc) is 2.99. The second-order valence-corrected chi connectivity index (χ2v) is 5.87. The van der Waals surface area contributed by atoms with Gasteiger partial charge in [-0.25, -0.2) is 4.79 Å². The smallest absolute Gasteiger partial charge is 0.434 e. The third-order valence-corrected chi connectivity index (χ3v) is 4.26. The van der Waals surface area contributed by atoms with Crippen molar-refractivity contribution in [2.24, 2.45) is 5.73 Å². The minimum atomic E-state index is -0.686. The first-order valence-corrected chi connectivity index (χ1v) is 8.26. The Morgan fingerprint density at radius 2 is 2.21 bits per heavy atom. The van der Waals surface area contributed by atoms with E-state index in [1.807, 2.05) is 6.07 Å². The molecule has 128 valence electrons. The summed E-state index contributed by atoms with van der Waals surface area (Å²) >= 11 is 0. The summed E-state index contributed by atoms with van der Waals surface area (Å²) in [6.45, 7) is 4.31. The van der Waals surface area contributed by atoms with Gasteiger partial charge in [0, 0.05) is 42.3 Å². The lowest BCUT2D eigenvalue weighted by molar-refractivity contribution is 0.0718. The Kier molecular flexibility index (Phi) is 5.05. The monoisotopic (exact) mass is 329 g/mol. The van der Waals surface area contributed by atoms with Crippen molar-refractivity contribution in [2.45, 2.75) is 19.8 Å². The van der Waals surface area contributed by atoms with Crippen molar-refractivity contribution in [2.75, 3.05) is 26.2 Å². The summed E-state index contributed by atoms with van der Waals surface area (Å²) in [6.07, 6.45) is 3.00. The molecule has 0 bridgehead atoms. The SMILES string of the molecule is CCOC(=O)OC1=C(N)CCN(CCc2c[nH]c3ccccc23)C1. The van der Waals surface area contributed by atoms with E-state index in [0.717, 1.165) is 25.0 Å². The number of para-hydroxylation sites is 1. The summed E-state index contributed by atoms with van der Waals surface area (Å²) in [7, 11) is 0. The number of carbonyl (C=O) groups is 1. The van der Waals surface area contributed by atoms with Crippen molar-refractivity contribution < 1.29 is 14.3 Å². The van der Waals surface area contributed by atoms with Crippen molar-refractivity contribution in [1.82, 2.24) is 9.88 Å². The largest absolute Gasteiger partial charge is 0.513 e. The third kappa shape index (κ3) is 3.71. The van der Waals surface area contributed by atoms with Gasteiger partial charge in [-0.05, 0) is 25.0 Å². The number of nitrogens with one attached hydrogen (secondary N) is 1. The molecule has 1 aliphatic heterocycles. The van der Waals surface area contributed by atoms with Gasteiger partial charge in [-0.3, -0.25) is 4.90 Å². The molecule has 0 atom stereocenters. The lowest BCUT2D eigenvalue weighted by atomic mass is 10.1. The van der Waals surface area contributed by atoms with Crippen molar-refractivity contribution in [3.63, 3.8) is 0 Å². The van der Waals surface area contributed by atoms with E-state index in [9.17, 15) is 4.79 Å². The highest BCUT2D eigenvalue weighted by atomic mass is 16.7. The highest BCUT2D eigenvalue weighted by molar-refractivity contribution is 5.83. The predicted octanol–water partition coefficient (Wildman–Crippen LogP) is 2.76. The normalized spacial score (nSPS) is 15.7. The van der Waals surface area contributed by atoms with Gasteiger partial charge in [-0.2, -0.15) is 0 Å². The van der Waals surface area contributed by atoms with Crippen molar-refractivity contribution in [3.05, 3.63) is 47.5 Å². The minimum absolute atomic E-state index is 0.288. The van der Waals surface area contributed by atoms with Crippen LogP contribution >= 0.6 is 0 Å². The fourth-order valence-corrected chi connectivity index (χ4v) is 2.96. The maximum atomic E-state index is 11.5. The maximum absolute atomic E-state index is 11.5. The molecule has 1 aliphatic rings. The number of hydrogen-bond donors (Lipinski definition) is 2. The zero-order chi connectivity index (χ0) is 16.9. The summed E-state index contributed by atoms with van der Waals surface area (Å²) in [4.78, 5) is 17.0. The number of aromatic nitrogens is 1. The van der Waals surface area contributed by atoms with Gasteiger partial charge in [0.2, 0.25) is 0 Å². The highest BCUT2D eigenvalue weighted by Crippen LogP contribution is 2.20. The summed E-state index contributed by atoms with van der Waals surface area (Å²) in [6, 6.07) is 8.29. The van der Waals surface area contributed by atoms with E-state index in [4.69, 9.17) is 15.2 Å². The van der Waals surface area contributed by atoms with Crippen LogP contribution < -0.4 is 5.73 Å². The molecule has 6 nitrogen and oxygen atoms in total. The zero-order valence-electron chi connectivity index (χ0n) is 13.9. The molecule has 3 rings (SSSR count). The van der Waals surface area contributed by atoms with Gasteiger partial charge in [0.05, 0.1) is 13.2 Å². The lowest BCUT2D eigenvalue weighted by Gasteiger charge is -2.28. The zero-order valence-corrected chi connectivity index (χ0v) is 13.9.